The van der Waals surface area contributed by atoms with Crippen LogP contribution < -0.4 is 10.6 Å². The van der Waals surface area contributed by atoms with Crippen LogP contribution >= 0.6 is 0 Å². The molecule has 0 aliphatic rings. The number of amides is 3. The summed E-state index contributed by atoms with van der Waals surface area (Å²) in [6.07, 6.45) is 3.11. The monoisotopic (exact) mass is 565 g/mol. The Kier molecular flexibility index (Phi) is 12.4. The number of carbonyl (C=O) groups is 3. The smallest absolute Gasteiger partial charge is 0.408 e. The van der Waals surface area contributed by atoms with Gasteiger partial charge in [-0.25, -0.2) is 4.79 Å². The van der Waals surface area contributed by atoms with E-state index in [2.05, 4.69) is 17.6 Å². The summed E-state index contributed by atoms with van der Waals surface area (Å²) in [5.41, 5.74) is 2.13. The third-order valence-electron chi connectivity index (χ3n) is 7.43. The molecule has 0 spiro atoms. The summed E-state index contributed by atoms with van der Waals surface area (Å²) in [7, 11) is 0. The van der Waals surface area contributed by atoms with Gasteiger partial charge in [0, 0.05) is 18.5 Å². The van der Waals surface area contributed by atoms with Crippen LogP contribution in [0.1, 0.15) is 102 Å². The second kappa shape index (κ2) is 15.0. The molecule has 2 aromatic rings. The van der Waals surface area contributed by atoms with Gasteiger partial charge in [-0.05, 0) is 83.6 Å². The van der Waals surface area contributed by atoms with Crippen molar-refractivity contribution in [1.29, 1.82) is 0 Å². The van der Waals surface area contributed by atoms with Crippen molar-refractivity contribution in [3.63, 3.8) is 0 Å². The van der Waals surface area contributed by atoms with Crippen molar-refractivity contribution < 1.29 is 19.1 Å². The Morgan fingerprint density at radius 1 is 0.878 bits per heavy atom. The first-order valence-electron chi connectivity index (χ1n) is 14.9. The van der Waals surface area contributed by atoms with E-state index < -0.39 is 29.3 Å². The molecule has 2 unspecified atom stereocenters. The minimum absolute atomic E-state index is 0.218. The third-order valence-corrected chi connectivity index (χ3v) is 7.43. The SMILES string of the molecule is CCCCCNC(=O)C(c1c(C)cccc1C)N(C(=O)C(Cc1ccccc1)NC(=O)OC(C)(C)C)C(C)(C)CC. The van der Waals surface area contributed by atoms with Gasteiger partial charge in [0.1, 0.15) is 17.7 Å². The Morgan fingerprint density at radius 3 is 2.02 bits per heavy atom. The van der Waals surface area contributed by atoms with Gasteiger partial charge < -0.3 is 20.3 Å². The van der Waals surface area contributed by atoms with Crippen LogP contribution in [0.5, 0.6) is 0 Å². The largest absolute Gasteiger partial charge is 0.444 e. The van der Waals surface area contributed by atoms with Gasteiger partial charge in [0.2, 0.25) is 11.8 Å². The van der Waals surface area contributed by atoms with E-state index in [0.29, 0.717) is 13.0 Å². The van der Waals surface area contributed by atoms with Crippen LogP contribution in [0.2, 0.25) is 0 Å². The van der Waals surface area contributed by atoms with Crippen molar-refractivity contribution in [3.05, 3.63) is 70.8 Å². The van der Waals surface area contributed by atoms with E-state index in [1.54, 1.807) is 25.7 Å². The van der Waals surface area contributed by atoms with Crippen molar-refractivity contribution in [2.45, 2.75) is 118 Å². The molecule has 0 radical (unpaired) electrons. The molecule has 2 aromatic carbocycles. The molecule has 2 rings (SSSR count). The average molecular weight is 566 g/mol. The normalized spacial score (nSPS) is 13.2. The second-order valence-corrected chi connectivity index (χ2v) is 12.5. The van der Waals surface area contributed by atoms with E-state index in [9.17, 15) is 14.4 Å². The molecular weight excluding hydrogens is 514 g/mol. The molecule has 2 N–H and O–H groups in total. The number of nitrogens with zero attached hydrogens (tertiary/aromatic N) is 1. The van der Waals surface area contributed by atoms with E-state index in [1.807, 2.05) is 83.1 Å². The van der Waals surface area contributed by atoms with Crippen LogP contribution in [0.4, 0.5) is 4.79 Å². The standard InChI is InChI=1S/C34H51N3O4/c1-10-12-16-22-35-30(38)29(28-24(3)18-17-19-25(28)4)37(34(8,9)11-2)31(39)27(23-26-20-14-13-15-21-26)36-32(40)41-33(5,6)7/h13-15,17-21,27,29H,10-12,16,22-23H2,1-9H3,(H,35,38)(H,36,40). The zero-order chi connectivity index (χ0) is 30.8. The number of aryl methyl sites for hydroxylation is 2. The highest BCUT2D eigenvalue weighted by Gasteiger charge is 2.44. The highest BCUT2D eigenvalue weighted by molar-refractivity contribution is 5.93. The van der Waals surface area contributed by atoms with Crippen LogP contribution in [0.25, 0.3) is 0 Å². The Morgan fingerprint density at radius 2 is 1.49 bits per heavy atom. The fourth-order valence-electron chi connectivity index (χ4n) is 4.93. The van der Waals surface area contributed by atoms with Crippen molar-refractivity contribution in [2.24, 2.45) is 0 Å². The number of unbranched alkanes of at least 4 members (excludes halogenated alkanes) is 2. The maximum absolute atomic E-state index is 14.7. The quantitative estimate of drug-likeness (QED) is 0.261. The maximum atomic E-state index is 14.7. The van der Waals surface area contributed by atoms with Gasteiger partial charge in [-0.3, -0.25) is 9.59 Å². The minimum Gasteiger partial charge on any atom is -0.444 e. The van der Waals surface area contributed by atoms with E-state index in [0.717, 1.165) is 41.5 Å². The first kappa shape index (κ1) is 33.9. The van der Waals surface area contributed by atoms with Gasteiger partial charge in [-0.2, -0.15) is 0 Å². The molecule has 0 aliphatic carbocycles. The number of alkyl carbamates (subject to hydrolysis) is 1. The summed E-state index contributed by atoms with van der Waals surface area (Å²) in [6.45, 7) is 17.9. The van der Waals surface area contributed by atoms with Crippen LogP contribution in [-0.2, 0) is 20.7 Å². The number of nitrogens with one attached hydrogen (secondary N) is 2. The molecule has 0 saturated heterocycles. The van der Waals surface area contributed by atoms with Crippen LogP contribution in [0.3, 0.4) is 0 Å². The fourth-order valence-corrected chi connectivity index (χ4v) is 4.93. The molecule has 7 nitrogen and oxygen atoms in total. The lowest BCUT2D eigenvalue weighted by molar-refractivity contribution is -0.149. The lowest BCUT2D eigenvalue weighted by Crippen LogP contribution is -2.60. The molecule has 3 amide bonds. The third kappa shape index (κ3) is 9.91. The van der Waals surface area contributed by atoms with Gasteiger partial charge in [0.25, 0.3) is 0 Å². The number of carbonyl (C=O) groups excluding carboxylic acids is 3. The van der Waals surface area contributed by atoms with Crippen molar-refractivity contribution in [2.75, 3.05) is 6.54 Å². The van der Waals surface area contributed by atoms with Crippen molar-refractivity contribution >= 4 is 17.9 Å². The second-order valence-electron chi connectivity index (χ2n) is 12.5. The summed E-state index contributed by atoms with van der Waals surface area (Å²) < 4.78 is 5.55. The predicted molar refractivity (Wildman–Crippen MR) is 166 cm³/mol. The lowest BCUT2D eigenvalue weighted by atomic mass is 9.88. The van der Waals surface area contributed by atoms with E-state index in [1.165, 1.54) is 0 Å². The number of benzene rings is 2. The molecule has 226 valence electrons. The Hall–Kier alpha value is -3.35. The molecule has 0 fully saturated rings. The zero-order valence-corrected chi connectivity index (χ0v) is 26.6. The highest BCUT2D eigenvalue weighted by atomic mass is 16.6. The molecule has 0 aliphatic heterocycles. The Labute approximate surface area is 247 Å². The summed E-state index contributed by atoms with van der Waals surface area (Å²) in [5, 5.41) is 5.97. The number of ether oxygens (including phenoxy) is 1. The highest BCUT2D eigenvalue weighted by Crippen LogP contribution is 2.35. The van der Waals surface area contributed by atoms with E-state index in [-0.39, 0.29) is 18.2 Å². The molecule has 0 bridgehead atoms. The number of rotatable bonds is 13. The van der Waals surface area contributed by atoms with Crippen LogP contribution in [-0.4, -0.2) is 46.5 Å². The van der Waals surface area contributed by atoms with Crippen LogP contribution in [0, 0.1) is 13.8 Å². The summed E-state index contributed by atoms with van der Waals surface area (Å²) in [4.78, 5) is 43.5. The van der Waals surface area contributed by atoms with E-state index >= 15 is 0 Å². The van der Waals surface area contributed by atoms with Gasteiger partial charge in [0.15, 0.2) is 0 Å². The van der Waals surface area contributed by atoms with Crippen molar-refractivity contribution in [1.82, 2.24) is 15.5 Å². The number of hydrogen-bond acceptors (Lipinski definition) is 4. The number of hydrogen-bond donors (Lipinski definition) is 2. The first-order valence-corrected chi connectivity index (χ1v) is 14.9. The Bertz CT molecular complexity index is 1130. The maximum Gasteiger partial charge on any atom is 0.408 e. The minimum atomic E-state index is -0.946. The van der Waals surface area contributed by atoms with Gasteiger partial charge in [0.05, 0.1) is 0 Å². The zero-order valence-electron chi connectivity index (χ0n) is 26.6. The molecule has 7 heteroatoms. The summed E-state index contributed by atoms with van der Waals surface area (Å²) in [5.74, 6) is -0.549. The molecule has 2 atom stereocenters. The van der Waals surface area contributed by atoms with Gasteiger partial charge in [-0.15, -0.1) is 0 Å². The van der Waals surface area contributed by atoms with Gasteiger partial charge >= 0.3 is 6.09 Å². The Balaban J connectivity index is 2.67. The summed E-state index contributed by atoms with van der Waals surface area (Å²) >= 11 is 0. The average Bonchev–Trinajstić information content (AvgIpc) is 2.89. The summed E-state index contributed by atoms with van der Waals surface area (Å²) in [6, 6.07) is 13.7. The van der Waals surface area contributed by atoms with Gasteiger partial charge in [-0.1, -0.05) is 75.2 Å². The van der Waals surface area contributed by atoms with Crippen molar-refractivity contribution in [3.8, 4) is 0 Å². The lowest BCUT2D eigenvalue weighted by Gasteiger charge is -2.45. The molecule has 0 saturated carbocycles. The topological polar surface area (TPSA) is 87.7 Å². The predicted octanol–water partition coefficient (Wildman–Crippen LogP) is 6.80. The molecule has 0 heterocycles. The first-order chi connectivity index (χ1) is 19.2. The fraction of sp³-hybridized carbons (Fsp3) is 0.559. The van der Waals surface area contributed by atoms with Crippen LogP contribution in [0.15, 0.2) is 48.5 Å². The molecule has 0 aromatic heterocycles. The van der Waals surface area contributed by atoms with E-state index in [4.69, 9.17) is 4.74 Å². The molecule has 41 heavy (non-hydrogen) atoms. The molecular formula is C34H51N3O4.